The van der Waals surface area contributed by atoms with Crippen molar-refractivity contribution in [3.63, 3.8) is 0 Å². The molecule has 0 aromatic carbocycles. The topological polar surface area (TPSA) is 57.6 Å². The number of rotatable bonds is 7. The third-order valence-electron chi connectivity index (χ3n) is 2.89. The van der Waals surface area contributed by atoms with Crippen molar-refractivity contribution in [1.29, 1.82) is 0 Å². The van der Waals surface area contributed by atoms with E-state index >= 15 is 0 Å². The average Bonchev–Trinajstić information content (AvgIpc) is 2.79. The summed E-state index contributed by atoms with van der Waals surface area (Å²) in [6.07, 6.45) is 0.621. The van der Waals surface area contributed by atoms with Crippen molar-refractivity contribution in [2.45, 2.75) is 39.2 Å². The van der Waals surface area contributed by atoms with E-state index in [9.17, 15) is 9.59 Å². The Kier molecular flexibility index (Phi) is 6.18. The van der Waals surface area contributed by atoms with Crippen LogP contribution < -0.4 is 0 Å². The van der Waals surface area contributed by atoms with Gasteiger partial charge in [-0.05, 0) is 32.4 Å². The molecule has 106 valence electrons. The van der Waals surface area contributed by atoms with Crippen LogP contribution in [0.3, 0.4) is 0 Å². The molecule has 1 aromatic rings. The van der Waals surface area contributed by atoms with E-state index in [1.165, 1.54) is 11.3 Å². The number of hydrogen-bond acceptors (Lipinski definition) is 4. The average molecular weight is 283 g/mol. The molecule has 0 spiro atoms. The van der Waals surface area contributed by atoms with Crippen molar-refractivity contribution in [1.82, 2.24) is 4.90 Å². The summed E-state index contributed by atoms with van der Waals surface area (Å²) in [5, 5.41) is 9.16. The fourth-order valence-electron chi connectivity index (χ4n) is 1.62. The Morgan fingerprint density at radius 3 is 2.58 bits per heavy atom. The first kappa shape index (κ1) is 15.9. The minimum atomic E-state index is -0.411. The number of aliphatic hydroxyl groups excluding tert-OH is 1. The molecule has 0 bridgehead atoms. The van der Waals surface area contributed by atoms with Crippen LogP contribution in [0.1, 0.15) is 40.7 Å². The van der Waals surface area contributed by atoms with Crippen molar-refractivity contribution >= 4 is 23.0 Å². The molecule has 0 fully saturated rings. The Labute approximate surface area is 118 Å². The first-order chi connectivity index (χ1) is 8.90. The van der Waals surface area contributed by atoms with Gasteiger partial charge in [0.25, 0.3) is 0 Å². The second-order valence-electron chi connectivity index (χ2n) is 4.79. The monoisotopic (exact) mass is 283 g/mol. The number of nitrogens with zero attached hydrogens (tertiary/aromatic N) is 1. The predicted molar refractivity (Wildman–Crippen MR) is 76.6 cm³/mol. The van der Waals surface area contributed by atoms with Crippen LogP contribution in [0, 0.1) is 6.92 Å². The van der Waals surface area contributed by atoms with Gasteiger partial charge in [0.15, 0.2) is 5.78 Å². The van der Waals surface area contributed by atoms with Gasteiger partial charge >= 0.3 is 0 Å². The normalized spacial score (nSPS) is 12.2. The number of carbonyl (C=O) groups is 2. The lowest BCUT2D eigenvalue weighted by Gasteiger charge is -2.17. The Morgan fingerprint density at radius 2 is 2.05 bits per heavy atom. The van der Waals surface area contributed by atoms with Gasteiger partial charge in [-0.1, -0.05) is 0 Å². The minimum Gasteiger partial charge on any atom is -0.393 e. The Balaban J connectivity index is 2.35. The zero-order valence-electron chi connectivity index (χ0n) is 11.7. The highest BCUT2D eigenvalue weighted by molar-refractivity contribution is 7.14. The number of thiophene rings is 1. The molecule has 1 N–H and O–H groups in total. The molecule has 0 aliphatic rings. The summed E-state index contributed by atoms with van der Waals surface area (Å²) in [6.45, 7) is 4.17. The number of aryl methyl sites for hydroxylation is 1. The summed E-state index contributed by atoms with van der Waals surface area (Å²) < 4.78 is 0. The first-order valence-corrected chi connectivity index (χ1v) is 7.23. The fourth-order valence-corrected chi connectivity index (χ4v) is 2.46. The zero-order valence-corrected chi connectivity index (χ0v) is 12.5. The van der Waals surface area contributed by atoms with Gasteiger partial charge in [0, 0.05) is 31.3 Å². The number of hydrogen-bond donors (Lipinski definition) is 1. The molecule has 0 aliphatic carbocycles. The van der Waals surface area contributed by atoms with E-state index in [1.807, 2.05) is 19.1 Å². The van der Waals surface area contributed by atoms with Crippen molar-refractivity contribution in [3.05, 3.63) is 21.9 Å². The van der Waals surface area contributed by atoms with Crippen LogP contribution in [0.15, 0.2) is 12.1 Å². The Hall–Kier alpha value is -1.20. The highest BCUT2D eigenvalue weighted by Gasteiger charge is 2.14. The molecule has 0 saturated heterocycles. The number of amides is 1. The maximum absolute atomic E-state index is 11.9. The second-order valence-corrected chi connectivity index (χ2v) is 6.07. The minimum absolute atomic E-state index is 0.0235. The molecule has 1 rings (SSSR count). The Morgan fingerprint density at radius 1 is 1.37 bits per heavy atom. The molecule has 1 unspecified atom stereocenters. The van der Waals surface area contributed by atoms with Crippen LogP contribution in [0.4, 0.5) is 0 Å². The van der Waals surface area contributed by atoms with E-state index in [4.69, 9.17) is 5.11 Å². The van der Waals surface area contributed by atoms with Gasteiger partial charge in [0.2, 0.25) is 5.91 Å². The highest BCUT2D eigenvalue weighted by atomic mass is 32.1. The molecule has 1 amide bonds. The van der Waals surface area contributed by atoms with E-state index in [2.05, 4.69) is 0 Å². The molecule has 1 atom stereocenters. The first-order valence-electron chi connectivity index (χ1n) is 6.42. The van der Waals surface area contributed by atoms with Crippen molar-refractivity contribution in [2.75, 3.05) is 13.6 Å². The van der Waals surface area contributed by atoms with Crippen molar-refractivity contribution < 1.29 is 14.7 Å². The van der Waals surface area contributed by atoms with Crippen molar-refractivity contribution in [3.8, 4) is 0 Å². The van der Waals surface area contributed by atoms with Crippen molar-refractivity contribution in [2.24, 2.45) is 0 Å². The van der Waals surface area contributed by atoms with Crippen LogP contribution in [-0.4, -0.2) is 41.4 Å². The van der Waals surface area contributed by atoms with Gasteiger partial charge < -0.3 is 10.0 Å². The molecule has 19 heavy (non-hydrogen) atoms. The summed E-state index contributed by atoms with van der Waals surface area (Å²) >= 11 is 1.46. The van der Waals surface area contributed by atoms with Crippen LogP contribution in [0.2, 0.25) is 0 Å². The lowest BCUT2D eigenvalue weighted by Crippen LogP contribution is -2.29. The summed E-state index contributed by atoms with van der Waals surface area (Å²) in [5.41, 5.74) is 0. The summed E-state index contributed by atoms with van der Waals surface area (Å²) in [4.78, 5) is 27.0. The van der Waals surface area contributed by atoms with E-state index < -0.39 is 6.10 Å². The van der Waals surface area contributed by atoms with E-state index in [-0.39, 0.29) is 24.5 Å². The van der Waals surface area contributed by atoms with E-state index in [1.54, 1.807) is 18.9 Å². The lowest BCUT2D eigenvalue weighted by molar-refractivity contribution is -0.130. The number of aliphatic hydroxyl groups is 1. The van der Waals surface area contributed by atoms with Crippen LogP contribution in [0.25, 0.3) is 0 Å². The van der Waals surface area contributed by atoms with Gasteiger partial charge in [0.1, 0.15) is 0 Å². The van der Waals surface area contributed by atoms with Crippen LogP contribution >= 0.6 is 11.3 Å². The Bertz CT molecular complexity index is 440. The highest BCUT2D eigenvalue weighted by Crippen LogP contribution is 2.17. The van der Waals surface area contributed by atoms with E-state index in [0.717, 1.165) is 9.75 Å². The molecule has 4 nitrogen and oxygen atoms in total. The summed E-state index contributed by atoms with van der Waals surface area (Å²) in [6, 6.07) is 3.72. The molecule has 0 radical (unpaired) electrons. The van der Waals surface area contributed by atoms with Gasteiger partial charge in [0.05, 0.1) is 11.0 Å². The molecule has 1 aromatic heterocycles. The molecule has 0 saturated carbocycles. The summed E-state index contributed by atoms with van der Waals surface area (Å²) in [5.74, 6) is -0.0299. The fraction of sp³-hybridized carbons (Fsp3) is 0.571. The smallest absolute Gasteiger partial charge is 0.222 e. The predicted octanol–water partition coefficient (Wildman–Crippen LogP) is 2.25. The quantitative estimate of drug-likeness (QED) is 0.781. The molecule has 0 aliphatic heterocycles. The van der Waals surface area contributed by atoms with Gasteiger partial charge in [-0.3, -0.25) is 9.59 Å². The number of carbonyl (C=O) groups excluding carboxylic acids is 2. The largest absolute Gasteiger partial charge is 0.393 e. The summed E-state index contributed by atoms with van der Waals surface area (Å²) in [7, 11) is 1.70. The number of ketones is 1. The van der Waals surface area contributed by atoms with Gasteiger partial charge in [-0.15, -0.1) is 11.3 Å². The molecular formula is C14H21NO3S. The maximum atomic E-state index is 11.9. The third kappa shape index (κ3) is 5.53. The third-order valence-corrected chi connectivity index (χ3v) is 3.93. The number of Topliss-reactive ketones (excluding diaryl/α,β-unsaturated/α-hetero) is 1. The zero-order chi connectivity index (χ0) is 14.4. The maximum Gasteiger partial charge on any atom is 0.222 e. The molecule has 1 heterocycles. The van der Waals surface area contributed by atoms with E-state index in [0.29, 0.717) is 13.0 Å². The van der Waals surface area contributed by atoms with Crippen LogP contribution in [0.5, 0.6) is 0 Å². The SMILES string of the molecule is Cc1ccc(C(=O)CCC(=O)N(C)CCC(C)O)s1. The van der Waals surface area contributed by atoms with Crippen LogP contribution in [-0.2, 0) is 4.79 Å². The van der Waals surface area contributed by atoms with Gasteiger partial charge in [-0.2, -0.15) is 0 Å². The van der Waals surface area contributed by atoms with Gasteiger partial charge in [-0.25, -0.2) is 0 Å². The lowest BCUT2D eigenvalue weighted by atomic mass is 10.1. The molecular weight excluding hydrogens is 262 g/mol. The second kappa shape index (κ2) is 7.40. The molecule has 5 heteroatoms. The standard InChI is InChI=1S/C14H21NO3S/c1-10(16)8-9-15(3)14(18)7-5-12(17)13-6-4-11(2)19-13/h4,6,10,16H,5,7-9H2,1-3H3.